The van der Waals surface area contributed by atoms with Crippen molar-refractivity contribution in [2.24, 2.45) is 17.4 Å². The molecule has 76 valence electrons. The van der Waals surface area contributed by atoms with Crippen molar-refractivity contribution in [1.29, 1.82) is 0 Å². The number of nitrogens with one attached hydrogen (secondary N) is 1. The topological polar surface area (TPSA) is 98.2 Å². The summed E-state index contributed by atoms with van der Waals surface area (Å²) < 4.78 is 0. The first kappa shape index (κ1) is 11.9. The van der Waals surface area contributed by atoms with Gasteiger partial charge in [0.05, 0.1) is 12.5 Å². The number of hydrogen-bond donors (Lipinski definition) is 3. The number of nitrogens with two attached hydrogens (primary N) is 2. The molecular formula is C8H17N3O2. The van der Waals surface area contributed by atoms with E-state index in [0.29, 0.717) is 12.5 Å². The van der Waals surface area contributed by atoms with E-state index in [1.165, 1.54) is 0 Å². The van der Waals surface area contributed by atoms with E-state index in [4.69, 9.17) is 11.5 Å². The van der Waals surface area contributed by atoms with Crippen LogP contribution in [-0.4, -0.2) is 24.4 Å². The second-order valence-electron chi connectivity index (χ2n) is 3.42. The molecule has 1 unspecified atom stereocenters. The number of rotatable bonds is 5. The summed E-state index contributed by atoms with van der Waals surface area (Å²) in [7, 11) is 0. The highest BCUT2D eigenvalue weighted by Gasteiger charge is 2.15. The maximum absolute atomic E-state index is 11.1. The SMILES string of the molecule is CC(C)CNC(=O)C(N)CC(N)=O. The number of amides is 2. The van der Waals surface area contributed by atoms with Crippen LogP contribution in [0.4, 0.5) is 0 Å². The van der Waals surface area contributed by atoms with Crippen LogP contribution >= 0.6 is 0 Å². The lowest BCUT2D eigenvalue weighted by Gasteiger charge is -2.11. The summed E-state index contributed by atoms with van der Waals surface area (Å²) in [5.41, 5.74) is 10.3. The first-order valence-electron chi connectivity index (χ1n) is 4.25. The highest BCUT2D eigenvalue weighted by Crippen LogP contribution is 1.90. The molecule has 0 rings (SSSR count). The van der Waals surface area contributed by atoms with Crippen LogP contribution in [0.25, 0.3) is 0 Å². The van der Waals surface area contributed by atoms with E-state index >= 15 is 0 Å². The zero-order chi connectivity index (χ0) is 10.4. The summed E-state index contributed by atoms with van der Waals surface area (Å²) in [5.74, 6) is -0.524. The van der Waals surface area contributed by atoms with Crippen molar-refractivity contribution < 1.29 is 9.59 Å². The summed E-state index contributed by atoms with van der Waals surface area (Å²) in [6, 6.07) is -0.823. The smallest absolute Gasteiger partial charge is 0.237 e. The van der Waals surface area contributed by atoms with Gasteiger partial charge in [0.2, 0.25) is 11.8 Å². The third kappa shape index (κ3) is 6.10. The van der Waals surface area contributed by atoms with Gasteiger partial charge in [-0.2, -0.15) is 0 Å². The van der Waals surface area contributed by atoms with E-state index in [9.17, 15) is 9.59 Å². The number of carbonyl (C=O) groups excluding carboxylic acids is 2. The van der Waals surface area contributed by atoms with Gasteiger partial charge in [-0.1, -0.05) is 13.8 Å². The molecule has 0 radical (unpaired) electrons. The van der Waals surface area contributed by atoms with Gasteiger partial charge in [0, 0.05) is 6.54 Å². The van der Waals surface area contributed by atoms with Crippen LogP contribution in [0.5, 0.6) is 0 Å². The molecule has 5 N–H and O–H groups in total. The number of hydrogen-bond acceptors (Lipinski definition) is 3. The first-order chi connectivity index (χ1) is 5.93. The molecule has 5 heteroatoms. The molecule has 0 fully saturated rings. The molecule has 0 saturated heterocycles. The van der Waals surface area contributed by atoms with Crippen LogP contribution < -0.4 is 16.8 Å². The third-order valence-electron chi connectivity index (χ3n) is 1.44. The van der Waals surface area contributed by atoms with Crippen molar-refractivity contribution in [1.82, 2.24) is 5.32 Å². The Morgan fingerprint density at radius 1 is 1.38 bits per heavy atom. The first-order valence-corrected chi connectivity index (χ1v) is 4.25. The minimum absolute atomic E-state index is 0.107. The minimum Gasteiger partial charge on any atom is -0.370 e. The predicted octanol–water partition coefficient (Wildman–Crippen LogP) is -1.04. The van der Waals surface area contributed by atoms with Crippen molar-refractivity contribution in [2.45, 2.75) is 26.3 Å². The average Bonchev–Trinajstić information content (AvgIpc) is 1.98. The monoisotopic (exact) mass is 187 g/mol. The molecule has 0 aromatic carbocycles. The second-order valence-corrected chi connectivity index (χ2v) is 3.42. The largest absolute Gasteiger partial charge is 0.370 e. The summed E-state index contributed by atoms with van der Waals surface area (Å²) in [6.07, 6.45) is -0.107. The Labute approximate surface area is 77.8 Å². The second kappa shape index (κ2) is 5.53. The molecule has 0 aromatic heterocycles. The molecule has 0 heterocycles. The summed E-state index contributed by atoms with van der Waals surface area (Å²) in [4.78, 5) is 21.6. The van der Waals surface area contributed by atoms with E-state index < -0.39 is 11.9 Å². The normalized spacial score (nSPS) is 12.6. The van der Waals surface area contributed by atoms with Gasteiger partial charge in [0.1, 0.15) is 0 Å². The van der Waals surface area contributed by atoms with Crippen LogP contribution in [0.15, 0.2) is 0 Å². The molecule has 2 amide bonds. The lowest BCUT2D eigenvalue weighted by molar-refractivity contribution is -0.126. The van der Waals surface area contributed by atoms with Gasteiger partial charge in [-0.3, -0.25) is 9.59 Å². The maximum Gasteiger partial charge on any atom is 0.237 e. The van der Waals surface area contributed by atoms with Crippen LogP contribution in [0.3, 0.4) is 0 Å². The Bertz CT molecular complexity index is 192. The molecule has 1 atom stereocenters. The third-order valence-corrected chi connectivity index (χ3v) is 1.44. The quantitative estimate of drug-likeness (QED) is 0.512. The van der Waals surface area contributed by atoms with Gasteiger partial charge in [0.15, 0.2) is 0 Å². The Morgan fingerprint density at radius 3 is 2.31 bits per heavy atom. The molecule has 0 bridgehead atoms. The van der Waals surface area contributed by atoms with Gasteiger partial charge < -0.3 is 16.8 Å². The predicted molar refractivity (Wildman–Crippen MR) is 49.6 cm³/mol. The van der Waals surface area contributed by atoms with Gasteiger partial charge in [-0.05, 0) is 5.92 Å². The molecule has 0 spiro atoms. The zero-order valence-corrected chi connectivity index (χ0v) is 8.04. The molecule has 13 heavy (non-hydrogen) atoms. The highest BCUT2D eigenvalue weighted by atomic mass is 16.2. The van der Waals surface area contributed by atoms with E-state index in [1.54, 1.807) is 0 Å². The molecule has 0 aliphatic heterocycles. The van der Waals surface area contributed by atoms with E-state index in [2.05, 4.69) is 5.32 Å². The highest BCUT2D eigenvalue weighted by molar-refractivity contribution is 5.87. The molecule has 0 saturated carbocycles. The Hall–Kier alpha value is -1.10. The van der Waals surface area contributed by atoms with E-state index in [-0.39, 0.29) is 12.3 Å². The van der Waals surface area contributed by atoms with Crippen LogP contribution in [0.2, 0.25) is 0 Å². The van der Waals surface area contributed by atoms with Gasteiger partial charge >= 0.3 is 0 Å². The summed E-state index contributed by atoms with van der Waals surface area (Å²) >= 11 is 0. The van der Waals surface area contributed by atoms with Gasteiger partial charge in [-0.15, -0.1) is 0 Å². The molecule has 0 aliphatic rings. The fourth-order valence-electron chi connectivity index (χ4n) is 0.745. The Kier molecular flexibility index (Phi) is 5.06. The van der Waals surface area contributed by atoms with E-state index in [1.807, 2.05) is 13.8 Å². The van der Waals surface area contributed by atoms with Crippen LogP contribution in [0, 0.1) is 5.92 Å². The van der Waals surface area contributed by atoms with Gasteiger partial charge in [0.25, 0.3) is 0 Å². The number of carbonyl (C=O) groups is 2. The fraction of sp³-hybridized carbons (Fsp3) is 0.750. The maximum atomic E-state index is 11.1. The lowest BCUT2D eigenvalue weighted by atomic mass is 10.2. The minimum atomic E-state index is -0.823. The molecule has 0 aliphatic carbocycles. The van der Waals surface area contributed by atoms with Gasteiger partial charge in [-0.25, -0.2) is 0 Å². The van der Waals surface area contributed by atoms with Crippen LogP contribution in [0.1, 0.15) is 20.3 Å². The van der Waals surface area contributed by atoms with Crippen molar-refractivity contribution in [3.8, 4) is 0 Å². The fourth-order valence-corrected chi connectivity index (χ4v) is 0.745. The number of primary amides is 1. The average molecular weight is 187 g/mol. The van der Waals surface area contributed by atoms with Crippen molar-refractivity contribution in [3.63, 3.8) is 0 Å². The summed E-state index contributed by atoms with van der Waals surface area (Å²) in [6.45, 7) is 4.51. The van der Waals surface area contributed by atoms with Crippen LogP contribution in [-0.2, 0) is 9.59 Å². The van der Waals surface area contributed by atoms with E-state index in [0.717, 1.165) is 0 Å². The van der Waals surface area contributed by atoms with Crippen molar-refractivity contribution in [3.05, 3.63) is 0 Å². The Balaban J connectivity index is 3.76. The summed E-state index contributed by atoms with van der Waals surface area (Å²) in [5, 5.41) is 2.62. The molecule has 5 nitrogen and oxygen atoms in total. The lowest BCUT2D eigenvalue weighted by Crippen LogP contribution is -2.44. The molecular weight excluding hydrogens is 170 g/mol. The Morgan fingerprint density at radius 2 is 1.92 bits per heavy atom. The van der Waals surface area contributed by atoms with Crippen molar-refractivity contribution >= 4 is 11.8 Å². The zero-order valence-electron chi connectivity index (χ0n) is 8.04. The molecule has 0 aromatic rings. The van der Waals surface area contributed by atoms with Crippen molar-refractivity contribution in [2.75, 3.05) is 6.54 Å². The standard InChI is InChI=1S/C8H17N3O2/c1-5(2)4-11-8(13)6(9)3-7(10)12/h5-6H,3-4,9H2,1-2H3,(H2,10,12)(H,11,13).